The van der Waals surface area contributed by atoms with Gasteiger partial charge < -0.3 is 20.2 Å². The van der Waals surface area contributed by atoms with Crippen LogP contribution in [-0.4, -0.2) is 39.4 Å². The number of amides is 1. The van der Waals surface area contributed by atoms with E-state index in [0.29, 0.717) is 40.3 Å². The summed E-state index contributed by atoms with van der Waals surface area (Å²) < 4.78 is 13.2. The maximum atomic E-state index is 13.0. The number of primary amides is 1. The van der Waals surface area contributed by atoms with Gasteiger partial charge in [0.1, 0.15) is 23.2 Å². The fraction of sp³-hybridized carbons (Fsp3) is 0.308. The maximum Gasteiger partial charge on any atom is 0.277 e. The van der Waals surface area contributed by atoms with Crippen LogP contribution in [0.4, 0.5) is 0 Å². The van der Waals surface area contributed by atoms with Gasteiger partial charge >= 0.3 is 0 Å². The van der Waals surface area contributed by atoms with Gasteiger partial charge in [-0.15, -0.1) is 0 Å². The monoisotopic (exact) mass is 475 g/mol. The number of methoxy groups -OCH3 is 1. The number of aromatic nitrogens is 4. The zero-order chi connectivity index (χ0) is 25.1. The summed E-state index contributed by atoms with van der Waals surface area (Å²) in [6, 6.07) is 12.6. The number of nitrogens with two attached hydrogens (primary N) is 1. The van der Waals surface area contributed by atoms with E-state index in [1.54, 1.807) is 31.0 Å². The Balaban J connectivity index is 1.85. The summed E-state index contributed by atoms with van der Waals surface area (Å²) in [4.78, 5) is 32.2. The third-order valence-corrected chi connectivity index (χ3v) is 5.84. The van der Waals surface area contributed by atoms with Crippen LogP contribution in [0.2, 0.25) is 0 Å². The van der Waals surface area contributed by atoms with E-state index >= 15 is 0 Å². The van der Waals surface area contributed by atoms with Gasteiger partial charge in [-0.2, -0.15) is 5.10 Å². The zero-order valence-electron chi connectivity index (χ0n) is 20.3. The van der Waals surface area contributed by atoms with Crippen molar-refractivity contribution in [2.24, 2.45) is 12.8 Å². The third kappa shape index (κ3) is 4.67. The molecule has 9 nitrogen and oxygen atoms in total. The Hall–Kier alpha value is -3.98. The number of benzene rings is 2. The largest absolute Gasteiger partial charge is 0.493 e. The molecule has 4 aromatic rings. The molecule has 1 amide bonds. The third-order valence-electron chi connectivity index (χ3n) is 5.84. The highest BCUT2D eigenvalue weighted by Gasteiger charge is 2.20. The average Bonchev–Trinajstić information content (AvgIpc) is 3.16. The summed E-state index contributed by atoms with van der Waals surface area (Å²) in [6.07, 6.45) is 1.19. The molecule has 0 bridgehead atoms. The molecule has 3 N–H and O–H groups in total. The van der Waals surface area contributed by atoms with Crippen molar-refractivity contribution in [3.8, 4) is 17.1 Å². The van der Waals surface area contributed by atoms with Crippen LogP contribution in [0.15, 0.2) is 47.3 Å². The molecule has 2 aromatic carbocycles. The summed E-state index contributed by atoms with van der Waals surface area (Å²) in [7, 11) is 3.36. The fourth-order valence-corrected chi connectivity index (χ4v) is 4.24. The first-order valence-electron chi connectivity index (χ1n) is 11.5. The van der Waals surface area contributed by atoms with Crippen molar-refractivity contribution in [3.05, 3.63) is 75.2 Å². The lowest BCUT2D eigenvalue weighted by Crippen LogP contribution is -2.13. The van der Waals surface area contributed by atoms with E-state index in [-0.39, 0.29) is 5.56 Å². The van der Waals surface area contributed by atoms with Crippen LogP contribution in [0.25, 0.3) is 22.4 Å². The minimum Gasteiger partial charge on any atom is -0.493 e. The van der Waals surface area contributed by atoms with Gasteiger partial charge in [0.2, 0.25) is 5.91 Å². The van der Waals surface area contributed by atoms with Crippen LogP contribution in [-0.2, 0) is 18.2 Å². The van der Waals surface area contributed by atoms with Crippen molar-refractivity contribution in [2.45, 2.75) is 32.8 Å². The minimum atomic E-state index is -0.489. The first-order valence-corrected chi connectivity index (χ1v) is 11.5. The molecule has 182 valence electrons. The number of hydrogen-bond acceptors (Lipinski definition) is 6. The first-order chi connectivity index (χ1) is 16.9. The molecule has 4 rings (SSSR count). The van der Waals surface area contributed by atoms with Gasteiger partial charge in [-0.25, -0.2) is 4.98 Å². The van der Waals surface area contributed by atoms with Gasteiger partial charge in [-0.3, -0.25) is 14.3 Å². The van der Waals surface area contributed by atoms with Crippen molar-refractivity contribution in [3.63, 3.8) is 0 Å². The Morgan fingerprint density at radius 2 is 1.86 bits per heavy atom. The highest BCUT2D eigenvalue weighted by Crippen LogP contribution is 2.34. The number of rotatable bonds is 9. The SMILES string of the molecule is CCCc1nn(C)c2c(=O)[nH]c(-c3cc(C(OC)c4ccc(C(N)=O)cc4)ccc3OCC)nc12. The van der Waals surface area contributed by atoms with E-state index in [0.717, 1.165) is 29.7 Å². The number of nitrogens with zero attached hydrogens (tertiary/aromatic N) is 3. The number of aromatic amines is 1. The quantitative estimate of drug-likeness (QED) is 0.382. The van der Waals surface area contributed by atoms with E-state index in [2.05, 4.69) is 17.0 Å². The molecular weight excluding hydrogens is 446 g/mol. The number of carbonyl (C=O) groups excluding carboxylic acids is 1. The lowest BCUT2D eigenvalue weighted by atomic mass is 9.97. The van der Waals surface area contributed by atoms with Gasteiger partial charge in [0, 0.05) is 19.7 Å². The standard InChI is InChI=1S/C26H29N5O4/c1-5-7-19-21-22(31(3)30-19)26(33)29-25(28-21)18-14-17(12-13-20(18)35-6-2)23(34-4)15-8-10-16(11-9-15)24(27)32/h8-14,23H,5-7H2,1-4H3,(H2,27,32)(H,28,29,33). The highest BCUT2D eigenvalue weighted by atomic mass is 16.5. The Morgan fingerprint density at radius 1 is 1.14 bits per heavy atom. The summed E-state index contributed by atoms with van der Waals surface area (Å²) >= 11 is 0. The van der Waals surface area contributed by atoms with Crippen LogP contribution in [0.3, 0.4) is 0 Å². The summed E-state index contributed by atoms with van der Waals surface area (Å²) in [5.74, 6) is 0.507. The van der Waals surface area contributed by atoms with Gasteiger partial charge in [0.05, 0.1) is 17.9 Å². The molecule has 2 aromatic heterocycles. The molecule has 2 heterocycles. The lowest BCUT2D eigenvalue weighted by molar-refractivity contribution is 0.1000. The Kier molecular flexibility index (Phi) is 6.97. The Morgan fingerprint density at radius 3 is 2.49 bits per heavy atom. The molecule has 0 radical (unpaired) electrons. The number of carbonyl (C=O) groups is 1. The second-order valence-corrected chi connectivity index (χ2v) is 8.22. The molecule has 0 fully saturated rings. The van der Waals surface area contributed by atoms with Crippen LogP contribution >= 0.6 is 0 Å². The molecule has 0 saturated carbocycles. The molecule has 0 spiro atoms. The van der Waals surface area contributed by atoms with Crippen LogP contribution in [0.5, 0.6) is 5.75 Å². The van der Waals surface area contributed by atoms with E-state index in [4.69, 9.17) is 20.2 Å². The normalized spacial score (nSPS) is 12.1. The second-order valence-electron chi connectivity index (χ2n) is 8.22. The van der Waals surface area contributed by atoms with Crippen LogP contribution < -0.4 is 16.0 Å². The minimum absolute atomic E-state index is 0.263. The van der Waals surface area contributed by atoms with Crippen LogP contribution in [0.1, 0.15) is 53.6 Å². The van der Waals surface area contributed by atoms with E-state index < -0.39 is 12.0 Å². The molecule has 0 aliphatic carbocycles. The van der Waals surface area contributed by atoms with Crippen molar-refractivity contribution in [1.29, 1.82) is 0 Å². The topological polar surface area (TPSA) is 125 Å². The molecule has 0 saturated heterocycles. The number of fused-ring (bicyclic) bond motifs is 1. The number of aryl methyl sites for hydroxylation is 2. The molecule has 1 unspecified atom stereocenters. The first kappa shape index (κ1) is 24.2. The van der Waals surface area contributed by atoms with Crippen LogP contribution in [0, 0.1) is 0 Å². The Bertz CT molecular complexity index is 1420. The molecule has 9 heteroatoms. The molecule has 35 heavy (non-hydrogen) atoms. The van der Waals surface area contributed by atoms with Crippen molar-refractivity contribution >= 4 is 16.9 Å². The fourth-order valence-electron chi connectivity index (χ4n) is 4.24. The van der Waals surface area contributed by atoms with Gasteiger partial charge in [0.25, 0.3) is 5.56 Å². The number of hydrogen-bond donors (Lipinski definition) is 2. The Labute approximate surface area is 202 Å². The zero-order valence-corrected chi connectivity index (χ0v) is 20.3. The summed E-state index contributed by atoms with van der Waals surface area (Å²) in [5, 5.41) is 4.50. The molecular formula is C26H29N5O4. The predicted molar refractivity (Wildman–Crippen MR) is 134 cm³/mol. The summed E-state index contributed by atoms with van der Waals surface area (Å²) in [6.45, 7) is 4.41. The maximum absolute atomic E-state index is 13.0. The second kappa shape index (κ2) is 10.1. The van der Waals surface area contributed by atoms with E-state index in [9.17, 15) is 9.59 Å². The predicted octanol–water partition coefficient (Wildman–Crippen LogP) is 3.51. The van der Waals surface area contributed by atoms with E-state index in [1.807, 2.05) is 37.3 Å². The highest BCUT2D eigenvalue weighted by molar-refractivity contribution is 5.92. The molecule has 1 atom stereocenters. The van der Waals surface area contributed by atoms with Gasteiger partial charge in [-0.1, -0.05) is 31.5 Å². The smallest absolute Gasteiger partial charge is 0.277 e. The molecule has 0 aliphatic rings. The van der Waals surface area contributed by atoms with Crippen molar-refractivity contribution < 1.29 is 14.3 Å². The average molecular weight is 476 g/mol. The van der Waals surface area contributed by atoms with Crippen molar-refractivity contribution in [2.75, 3.05) is 13.7 Å². The number of nitrogens with one attached hydrogen (secondary N) is 1. The summed E-state index contributed by atoms with van der Waals surface area (Å²) in [5.41, 5.74) is 9.67. The lowest BCUT2D eigenvalue weighted by Gasteiger charge is -2.19. The van der Waals surface area contributed by atoms with Gasteiger partial charge in [-0.05, 0) is 48.7 Å². The van der Waals surface area contributed by atoms with Gasteiger partial charge in [0.15, 0.2) is 5.52 Å². The molecule has 0 aliphatic heterocycles. The van der Waals surface area contributed by atoms with Crippen molar-refractivity contribution in [1.82, 2.24) is 19.7 Å². The van der Waals surface area contributed by atoms with E-state index in [1.165, 1.54) is 0 Å². The number of ether oxygens (including phenoxy) is 2. The number of H-pyrrole nitrogens is 1.